The van der Waals surface area contributed by atoms with Crippen molar-refractivity contribution in [3.63, 3.8) is 0 Å². The predicted molar refractivity (Wildman–Crippen MR) is 116 cm³/mol. The first-order valence-corrected chi connectivity index (χ1v) is 12.2. The Hall–Kier alpha value is -0.830. The zero-order chi connectivity index (χ0) is 21.7. The molecule has 0 amide bonds. The summed E-state index contributed by atoms with van der Waals surface area (Å²) in [4.78, 5) is 0. The third kappa shape index (κ3) is 6.11. The fourth-order valence-electron chi connectivity index (χ4n) is 5.47. The first kappa shape index (κ1) is 23.8. The van der Waals surface area contributed by atoms with Gasteiger partial charge in [0.05, 0.1) is 0 Å². The van der Waals surface area contributed by atoms with E-state index < -0.39 is 23.0 Å². The van der Waals surface area contributed by atoms with Gasteiger partial charge < -0.3 is 4.74 Å². The summed E-state index contributed by atoms with van der Waals surface area (Å²) < 4.78 is 60.4. The molecule has 2 atom stereocenters. The molecule has 1 aromatic carbocycles. The molecule has 2 aliphatic rings. The number of hydrogen-bond donors (Lipinski definition) is 0. The van der Waals surface area contributed by atoms with Gasteiger partial charge in [-0.2, -0.15) is 4.39 Å². The highest BCUT2D eigenvalue weighted by Crippen LogP contribution is 2.47. The largest absolute Gasteiger partial charge is 0.454 e. The van der Waals surface area contributed by atoms with E-state index in [9.17, 15) is 13.2 Å². The van der Waals surface area contributed by atoms with Crippen LogP contribution >= 0.6 is 9.24 Å². The van der Waals surface area contributed by atoms with Gasteiger partial charge in [0, 0.05) is 18.1 Å². The van der Waals surface area contributed by atoms with Crippen LogP contribution in [0.25, 0.3) is 0 Å². The average molecular weight is 447 g/mol. The summed E-state index contributed by atoms with van der Waals surface area (Å²) >= 11 is 0. The first-order valence-electron chi connectivity index (χ1n) is 11.6. The van der Waals surface area contributed by atoms with Gasteiger partial charge in [0.15, 0.2) is 17.5 Å². The van der Waals surface area contributed by atoms with Crippen molar-refractivity contribution in [2.24, 2.45) is 23.7 Å². The molecule has 0 saturated heterocycles. The van der Waals surface area contributed by atoms with Crippen LogP contribution in [0.5, 0.6) is 5.75 Å². The molecule has 170 valence electrons. The Bertz CT molecular complexity index is 657. The van der Waals surface area contributed by atoms with Gasteiger partial charge in [0.1, 0.15) is 5.75 Å². The van der Waals surface area contributed by atoms with Gasteiger partial charge in [0.2, 0.25) is 0 Å². The predicted octanol–water partition coefficient (Wildman–Crippen LogP) is 8.17. The summed E-state index contributed by atoms with van der Waals surface area (Å²) in [5, 5.41) is 0. The molecule has 1 nitrogen and oxygen atoms in total. The SMILES string of the molecule is CCCCCC1CCC(C2CCC(C(F)(P)Oc3cc(F)c(F)c(F)c3)CC2)CC1. The molecule has 2 fully saturated rings. The van der Waals surface area contributed by atoms with Crippen LogP contribution in [0, 0.1) is 41.1 Å². The smallest absolute Gasteiger partial charge is 0.262 e. The molecule has 0 bridgehead atoms. The standard InChI is InChI=1S/C24H35F4OP/c1-2-3-4-5-16-6-8-17(9-7-16)18-10-12-19(13-11-18)24(28,30)29-20-14-21(25)23(27)22(26)15-20/h14-19H,2-13,30H2,1H3. The maximum Gasteiger partial charge on any atom is 0.262 e. The van der Waals surface area contributed by atoms with Crippen molar-refractivity contribution in [3.05, 3.63) is 29.6 Å². The van der Waals surface area contributed by atoms with Crippen LogP contribution in [0.4, 0.5) is 17.6 Å². The number of halogens is 4. The fraction of sp³-hybridized carbons (Fsp3) is 0.750. The van der Waals surface area contributed by atoms with E-state index in [1.165, 1.54) is 51.4 Å². The highest BCUT2D eigenvalue weighted by atomic mass is 31.0. The van der Waals surface area contributed by atoms with Crippen molar-refractivity contribution in [2.45, 2.75) is 89.6 Å². The lowest BCUT2D eigenvalue weighted by Crippen LogP contribution is -2.37. The summed E-state index contributed by atoms with van der Waals surface area (Å²) in [6, 6.07) is 1.39. The molecule has 3 rings (SSSR count). The van der Waals surface area contributed by atoms with Gasteiger partial charge >= 0.3 is 0 Å². The monoisotopic (exact) mass is 446 g/mol. The van der Waals surface area contributed by atoms with Gasteiger partial charge in [-0.15, -0.1) is 0 Å². The Kier molecular flexibility index (Phi) is 8.46. The minimum Gasteiger partial charge on any atom is -0.454 e. The highest BCUT2D eigenvalue weighted by molar-refractivity contribution is 7.18. The third-order valence-electron chi connectivity index (χ3n) is 7.33. The zero-order valence-corrected chi connectivity index (χ0v) is 19.1. The van der Waals surface area contributed by atoms with E-state index in [1.807, 2.05) is 0 Å². The van der Waals surface area contributed by atoms with Crippen LogP contribution in [-0.2, 0) is 0 Å². The highest BCUT2D eigenvalue weighted by Gasteiger charge is 2.41. The second-order valence-electron chi connectivity index (χ2n) is 9.39. The van der Waals surface area contributed by atoms with Gasteiger partial charge in [0.25, 0.3) is 5.60 Å². The van der Waals surface area contributed by atoms with E-state index in [1.54, 1.807) is 0 Å². The third-order valence-corrected chi connectivity index (χ3v) is 7.92. The molecule has 1 aromatic rings. The molecule has 2 aliphatic carbocycles. The Morgan fingerprint density at radius 3 is 1.97 bits per heavy atom. The maximum absolute atomic E-state index is 15.2. The van der Waals surface area contributed by atoms with Crippen LogP contribution in [0.1, 0.15) is 84.0 Å². The average Bonchev–Trinajstić information content (AvgIpc) is 2.72. The van der Waals surface area contributed by atoms with E-state index in [0.717, 1.165) is 24.7 Å². The van der Waals surface area contributed by atoms with Crippen LogP contribution in [0.15, 0.2) is 12.1 Å². The fourth-order valence-corrected chi connectivity index (χ4v) is 5.94. The van der Waals surface area contributed by atoms with Gasteiger partial charge in [-0.1, -0.05) is 54.7 Å². The number of ether oxygens (including phenoxy) is 1. The van der Waals surface area contributed by atoms with E-state index in [-0.39, 0.29) is 11.7 Å². The summed E-state index contributed by atoms with van der Waals surface area (Å²) in [7, 11) is 2.05. The second-order valence-corrected chi connectivity index (χ2v) is 10.2. The van der Waals surface area contributed by atoms with Crippen molar-refractivity contribution >= 4 is 9.24 Å². The van der Waals surface area contributed by atoms with Crippen LogP contribution in [0.2, 0.25) is 0 Å². The van der Waals surface area contributed by atoms with E-state index in [2.05, 4.69) is 16.2 Å². The maximum atomic E-state index is 15.2. The molecule has 2 unspecified atom stereocenters. The minimum atomic E-state index is -2.11. The van der Waals surface area contributed by atoms with Crippen molar-refractivity contribution < 1.29 is 22.3 Å². The molecule has 30 heavy (non-hydrogen) atoms. The van der Waals surface area contributed by atoms with Gasteiger partial charge in [-0.25, -0.2) is 13.2 Å². The molecule has 0 N–H and O–H groups in total. The van der Waals surface area contributed by atoms with E-state index >= 15 is 4.39 Å². The van der Waals surface area contributed by atoms with E-state index in [0.29, 0.717) is 30.9 Å². The zero-order valence-electron chi connectivity index (χ0n) is 17.9. The van der Waals surface area contributed by atoms with Gasteiger partial charge in [-0.05, 0) is 56.3 Å². The van der Waals surface area contributed by atoms with Crippen LogP contribution in [0.3, 0.4) is 0 Å². The van der Waals surface area contributed by atoms with Crippen molar-refractivity contribution in [3.8, 4) is 5.75 Å². The van der Waals surface area contributed by atoms with Gasteiger partial charge in [-0.3, -0.25) is 0 Å². The lowest BCUT2D eigenvalue weighted by atomic mass is 9.68. The van der Waals surface area contributed by atoms with Crippen molar-refractivity contribution in [1.82, 2.24) is 0 Å². The Balaban J connectivity index is 1.47. The summed E-state index contributed by atoms with van der Waals surface area (Å²) in [5.74, 6) is -2.74. The first-order chi connectivity index (χ1) is 14.3. The van der Waals surface area contributed by atoms with Crippen LogP contribution in [-0.4, -0.2) is 5.60 Å². The molecule has 2 saturated carbocycles. The molecule has 0 spiro atoms. The molecule has 0 heterocycles. The molecular weight excluding hydrogens is 411 g/mol. The Labute approximate surface area is 180 Å². The number of rotatable bonds is 8. The number of benzene rings is 1. The Morgan fingerprint density at radius 1 is 0.900 bits per heavy atom. The second kappa shape index (κ2) is 10.7. The van der Waals surface area contributed by atoms with E-state index in [4.69, 9.17) is 4.74 Å². The summed E-state index contributed by atoms with van der Waals surface area (Å²) in [5.41, 5.74) is -2.11. The quantitative estimate of drug-likeness (QED) is 0.169. The molecule has 0 aromatic heterocycles. The molecule has 0 aliphatic heterocycles. The molecule has 6 heteroatoms. The lowest BCUT2D eigenvalue weighted by Gasteiger charge is -2.40. The topological polar surface area (TPSA) is 9.23 Å². The summed E-state index contributed by atoms with van der Waals surface area (Å²) in [6.45, 7) is 2.25. The Morgan fingerprint density at radius 2 is 1.43 bits per heavy atom. The lowest BCUT2D eigenvalue weighted by molar-refractivity contribution is -0.0481. The molecular formula is C24H35F4OP. The van der Waals surface area contributed by atoms with Crippen LogP contribution < -0.4 is 4.74 Å². The normalized spacial score (nSPS) is 29.4. The van der Waals surface area contributed by atoms with Crippen molar-refractivity contribution in [2.75, 3.05) is 0 Å². The number of hydrogen-bond acceptors (Lipinski definition) is 1. The number of alkyl halides is 1. The number of unbranched alkanes of at least 4 members (excludes halogenated alkanes) is 2. The van der Waals surface area contributed by atoms with Crippen molar-refractivity contribution in [1.29, 1.82) is 0 Å². The summed E-state index contributed by atoms with van der Waals surface area (Å²) in [6.07, 6.45) is 13.9. The molecule has 0 radical (unpaired) electrons. The minimum absolute atomic E-state index is 0.326.